The Morgan fingerprint density at radius 1 is 1.19 bits per heavy atom. The van der Waals surface area contributed by atoms with Crippen molar-refractivity contribution in [2.75, 3.05) is 11.9 Å². The third-order valence-electron chi connectivity index (χ3n) is 3.46. The highest BCUT2D eigenvalue weighted by Crippen LogP contribution is 2.18. The Balaban J connectivity index is 1.88. The number of hydrogen-bond donors (Lipinski definition) is 3. The fourth-order valence-electron chi connectivity index (χ4n) is 2.03. The molecule has 1 saturated carbocycles. The van der Waals surface area contributed by atoms with Gasteiger partial charge in [-0.1, -0.05) is 0 Å². The molecule has 9 nitrogen and oxygen atoms in total. The van der Waals surface area contributed by atoms with E-state index in [0.29, 0.717) is 5.69 Å². The molecule has 0 aliphatic heterocycles. The van der Waals surface area contributed by atoms with Gasteiger partial charge in [-0.2, -0.15) is 4.72 Å². The van der Waals surface area contributed by atoms with Gasteiger partial charge in [-0.3, -0.25) is 14.4 Å². The van der Waals surface area contributed by atoms with Gasteiger partial charge in [-0.05, 0) is 44.0 Å². The SMILES string of the molecule is CC(=O)Nc1ccc(S(=O)(=O)N[C@@H](C)C(=O)OCC(=O)NC2CC2)cc1. The van der Waals surface area contributed by atoms with E-state index in [1.165, 1.54) is 38.1 Å². The van der Waals surface area contributed by atoms with Crippen LogP contribution in [0.2, 0.25) is 0 Å². The predicted molar refractivity (Wildman–Crippen MR) is 92.7 cm³/mol. The van der Waals surface area contributed by atoms with Crippen LogP contribution in [0.4, 0.5) is 5.69 Å². The van der Waals surface area contributed by atoms with Crippen molar-refractivity contribution in [2.24, 2.45) is 0 Å². The molecule has 1 aromatic carbocycles. The van der Waals surface area contributed by atoms with Gasteiger partial charge in [0.25, 0.3) is 5.91 Å². The molecular weight excluding hydrogens is 362 g/mol. The van der Waals surface area contributed by atoms with Gasteiger partial charge in [-0.25, -0.2) is 8.42 Å². The monoisotopic (exact) mass is 383 g/mol. The lowest BCUT2D eigenvalue weighted by atomic mass is 10.3. The minimum Gasteiger partial charge on any atom is -0.454 e. The van der Waals surface area contributed by atoms with Gasteiger partial charge >= 0.3 is 5.97 Å². The normalized spacial score (nSPS) is 15.0. The highest BCUT2D eigenvalue weighted by molar-refractivity contribution is 7.89. The largest absolute Gasteiger partial charge is 0.454 e. The quantitative estimate of drug-likeness (QED) is 0.547. The molecule has 0 radical (unpaired) electrons. The standard InChI is InChI=1S/C16H21N3O6S/c1-10(16(22)25-9-15(21)18-13-3-4-13)19-26(23,24)14-7-5-12(6-8-14)17-11(2)20/h5-8,10,13,19H,3-4,9H2,1-2H3,(H,17,20)(H,18,21)/t10-/m0/s1. The molecule has 10 heteroatoms. The van der Waals surface area contributed by atoms with E-state index < -0.39 is 34.5 Å². The van der Waals surface area contributed by atoms with Crippen LogP contribution in [0.1, 0.15) is 26.7 Å². The van der Waals surface area contributed by atoms with Gasteiger partial charge in [0, 0.05) is 18.7 Å². The van der Waals surface area contributed by atoms with E-state index in [9.17, 15) is 22.8 Å². The molecule has 2 amide bonds. The number of hydrogen-bond acceptors (Lipinski definition) is 6. The summed E-state index contributed by atoms with van der Waals surface area (Å²) < 4.78 is 31.6. The topological polar surface area (TPSA) is 131 Å². The number of amides is 2. The maximum Gasteiger partial charge on any atom is 0.324 e. The van der Waals surface area contributed by atoms with Crippen molar-refractivity contribution in [3.8, 4) is 0 Å². The summed E-state index contributed by atoms with van der Waals surface area (Å²) in [6.07, 6.45) is 1.83. The van der Waals surface area contributed by atoms with Gasteiger partial charge in [0.1, 0.15) is 6.04 Å². The third kappa shape index (κ3) is 6.12. The number of sulfonamides is 1. The maximum absolute atomic E-state index is 12.3. The molecule has 0 saturated heterocycles. The summed E-state index contributed by atoms with van der Waals surface area (Å²) in [6, 6.07) is 4.45. The molecule has 1 fully saturated rings. The second-order valence-electron chi connectivity index (χ2n) is 6.00. The molecule has 2 rings (SSSR count). The summed E-state index contributed by atoms with van der Waals surface area (Å²) in [5, 5.41) is 5.18. The van der Waals surface area contributed by atoms with Crippen molar-refractivity contribution in [1.82, 2.24) is 10.0 Å². The van der Waals surface area contributed by atoms with Crippen LogP contribution < -0.4 is 15.4 Å². The van der Waals surface area contributed by atoms with Crippen LogP contribution in [0, 0.1) is 0 Å². The van der Waals surface area contributed by atoms with Crippen molar-refractivity contribution < 1.29 is 27.5 Å². The van der Waals surface area contributed by atoms with Gasteiger partial charge in [0.15, 0.2) is 6.61 Å². The Labute approximate surface area is 151 Å². The number of benzene rings is 1. The first-order chi connectivity index (χ1) is 12.2. The van der Waals surface area contributed by atoms with Gasteiger partial charge in [-0.15, -0.1) is 0 Å². The fourth-order valence-corrected chi connectivity index (χ4v) is 3.22. The molecule has 26 heavy (non-hydrogen) atoms. The molecule has 142 valence electrons. The van der Waals surface area contributed by atoms with E-state index in [1.807, 2.05) is 0 Å². The van der Waals surface area contributed by atoms with Gasteiger partial charge in [0.2, 0.25) is 15.9 Å². The Bertz CT molecular complexity index is 787. The van der Waals surface area contributed by atoms with Crippen LogP contribution >= 0.6 is 0 Å². The van der Waals surface area contributed by atoms with E-state index >= 15 is 0 Å². The number of esters is 1. The maximum atomic E-state index is 12.3. The van der Waals surface area contributed by atoms with Crippen molar-refractivity contribution in [3.05, 3.63) is 24.3 Å². The number of ether oxygens (including phenoxy) is 1. The minimum atomic E-state index is -3.96. The molecule has 0 spiro atoms. The first-order valence-electron chi connectivity index (χ1n) is 8.03. The number of nitrogens with one attached hydrogen (secondary N) is 3. The zero-order chi connectivity index (χ0) is 19.3. The van der Waals surface area contributed by atoms with E-state index in [0.717, 1.165) is 12.8 Å². The lowest BCUT2D eigenvalue weighted by Crippen LogP contribution is -2.41. The Hall–Kier alpha value is -2.46. The first kappa shape index (κ1) is 19.9. The lowest BCUT2D eigenvalue weighted by molar-refractivity contribution is -0.149. The van der Waals surface area contributed by atoms with Crippen molar-refractivity contribution in [1.29, 1.82) is 0 Å². The molecule has 1 aliphatic carbocycles. The highest BCUT2D eigenvalue weighted by Gasteiger charge is 2.26. The minimum absolute atomic E-state index is 0.0715. The summed E-state index contributed by atoms with van der Waals surface area (Å²) in [6.45, 7) is 2.21. The zero-order valence-corrected chi connectivity index (χ0v) is 15.3. The number of anilines is 1. The summed E-state index contributed by atoms with van der Waals surface area (Å²) in [7, 11) is -3.96. The summed E-state index contributed by atoms with van der Waals surface area (Å²) in [4.78, 5) is 34.2. The second-order valence-corrected chi connectivity index (χ2v) is 7.71. The Morgan fingerprint density at radius 2 is 1.81 bits per heavy atom. The van der Waals surface area contributed by atoms with Crippen LogP contribution in [-0.4, -0.2) is 44.9 Å². The third-order valence-corrected chi connectivity index (χ3v) is 5.02. The van der Waals surface area contributed by atoms with E-state index in [1.54, 1.807) is 0 Å². The fraction of sp³-hybridized carbons (Fsp3) is 0.438. The summed E-state index contributed by atoms with van der Waals surface area (Å²) in [5.41, 5.74) is 0.450. The first-order valence-corrected chi connectivity index (χ1v) is 9.51. The zero-order valence-electron chi connectivity index (χ0n) is 14.4. The number of carbonyl (C=O) groups is 3. The van der Waals surface area contributed by atoms with Crippen LogP contribution in [0.3, 0.4) is 0 Å². The van der Waals surface area contributed by atoms with Crippen molar-refractivity contribution in [2.45, 2.75) is 43.7 Å². The molecule has 1 aliphatic rings. The van der Waals surface area contributed by atoms with Gasteiger partial charge in [0.05, 0.1) is 4.90 Å². The molecule has 3 N–H and O–H groups in total. The predicted octanol–water partition coefficient (Wildman–Crippen LogP) is 0.134. The average molecular weight is 383 g/mol. The average Bonchev–Trinajstić information content (AvgIpc) is 3.36. The highest BCUT2D eigenvalue weighted by atomic mass is 32.2. The molecular formula is C16H21N3O6S. The van der Waals surface area contributed by atoms with E-state index in [4.69, 9.17) is 4.74 Å². The van der Waals surface area contributed by atoms with Crippen LogP contribution in [0.5, 0.6) is 0 Å². The molecule has 0 unspecified atom stereocenters. The molecule has 0 heterocycles. The number of rotatable bonds is 8. The van der Waals surface area contributed by atoms with E-state index in [2.05, 4.69) is 15.4 Å². The van der Waals surface area contributed by atoms with Crippen LogP contribution in [-0.2, 0) is 29.1 Å². The van der Waals surface area contributed by atoms with Crippen molar-refractivity contribution in [3.63, 3.8) is 0 Å². The van der Waals surface area contributed by atoms with E-state index in [-0.39, 0.29) is 16.8 Å². The second kappa shape index (κ2) is 8.28. The smallest absolute Gasteiger partial charge is 0.324 e. The Morgan fingerprint density at radius 3 is 2.35 bits per heavy atom. The van der Waals surface area contributed by atoms with Gasteiger partial charge < -0.3 is 15.4 Å². The molecule has 1 aromatic rings. The summed E-state index contributed by atoms with van der Waals surface area (Å²) in [5.74, 6) is -1.54. The number of carbonyl (C=O) groups excluding carboxylic acids is 3. The Kier molecular flexibility index (Phi) is 6.32. The molecule has 0 bridgehead atoms. The van der Waals surface area contributed by atoms with Crippen LogP contribution in [0.15, 0.2) is 29.2 Å². The molecule has 1 atom stereocenters. The van der Waals surface area contributed by atoms with Crippen LogP contribution in [0.25, 0.3) is 0 Å². The van der Waals surface area contributed by atoms with Crippen molar-refractivity contribution >= 4 is 33.5 Å². The summed E-state index contributed by atoms with van der Waals surface area (Å²) >= 11 is 0. The molecule has 0 aromatic heterocycles. The lowest BCUT2D eigenvalue weighted by Gasteiger charge is -2.14.